The molecule has 0 atom stereocenters. The van der Waals surface area contributed by atoms with Gasteiger partial charge in [-0.1, -0.05) is 212 Å². The lowest BCUT2D eigenvalue weighted by molar-refractivity contribution is 0.445. The van der Waals surface area contributed by atoms with Crippen LogP contribution in [0.1, 0.15) is 245 Å². The van der Waals surface area contributed by atoms with E-state index in [4.69, 9.17) is 15.0 Å². The molecule has 3 aromatic heterocycles. The maximum absolute atomic E-state index is 5.82. The fourth-order valence-electron chi connectivity index (χ4n) is 15.7. The number of benzene rings is 7. The Morgan fingerprint density at radius 1 is 0.345 bits per heavy atom. The summed E-state index contributed by atoms with van der Waals surface area (Å²) < 4.78 is 5.43. The molecular weight excluding hydrogens is 1050 g/mol. The first-order valence-electron chi connectivity index (χ1n) is 33.4. The van der Waals surface area contributed by atoms with Gasteiger partial charge in [-0.25, -0.2) is 15.0 Å². The third-order valence-electron chi connectivity index (χ3n) is 21.0. The zero-order valence-corrected chi connectivity index (χ0v) is 55.9. The monoisotopic (exact) mass is 1150 g/mol. The Bertz CT molecular complexity index is 4130. The maximum Gasteiger partial charge on any atom is 0.252 e. The predicted octanol–water partition coefficient (Wildman–Crippen LogP) is 20.1. The molecule has 0 saturated heterocycles. The van der Waals surface area contributed by atoms with E-state index in [0.717, 1.165) is 16.7 Å². The van der Waals surface area contributed by atoms with Crippen LogP contribution in [-0.2, 0) is 32.5 Å². The third-order valence-corrected chi connectivity index (χ3v) is 21.0. The van der Waals surface area contributed by atoms with Crippen LogP contribution < -0.4 is 16.4 Å². The van der Waals surface area contributed by atoms with Crippen molar-refractivity contribution in [3.05, 3.63) is 154 Å². The predicted molar refractivity (Wildman–Crippen MR) is 373 cm³/mol. The van der Waals surface area contributed by atoms with Crippen LogP contribution in [0, 0.1) is 0 Å². The van der Waals surface area contributed by atoms with E-state index < -0.39 is 0 Å². The highest BCUT2D eigenvalue weighted by Gasteiger charge is 2.43. The van der Waals surface area contributed by atoms with Gasteiger partial charge in [-0.2, -0.15) is 0 Å². The second kappa shape index (κ2) is 19.9. The van der Waals surface area contributed by atoms with Gasteiger partial charge in [-0.15, -0.1) is 0 Å². The van der Waals surface area contributed by atoms with Gasteiger partial charge in [-0.3, -0.25) is 0 Å². The molecule has 2 fully saturated rings. The van der Waals surface area contributed by atoms with Crippen LogP contribution in [0.4, 0.5) is 0 Å². The fourth-order valence-corrected chi connectivity index (χ4v) is 15.7. The number of fused-ring (bicyclic) bond motifs is 10. The maximum atomic E-state index is 5.82. The first-order chi connectivity index (χ1) is 40.9. The zero-order chi connectivity index (χ0) is 61.4. The Balaban J connectivity index is 1.15. The Labute approximate surface area is 520 Å². The molecule has 0 spiro atoms. The van der Waals surface area contributed by atoms with Crippen LogP contribution >= 0.6 is 0 Å². The van der Waals surface area contributed by atoms with Gasteiger partial charge < -0.3 is 9.13 Å². The Morgan fingerprint density at radius 2 is 0.667 bits per heavy atom. The molecule has 0 radical (unpaired) electrons. The summed E-state index contributed by atoms with van der Waals surface area (Å²) in [5.41, 5.74) is 25.5. The average molecular weight is 1150 g/mol. The molecule has 5 heterocycles. The summed E-state index contributed by atoms with van der Waals surface area (Å²) in [7, 11) is 0. The first-order valence-corrected chi connectivity index (χ1v) is 33.4. The molecule has 4 aliphatic rings. The standard InChI is InChI=1S/C81H94BN5/c1-76(2,3)52-29-35-64-60(45-52)68-58(47-25-21-19-22-26-47)31-33-62-71(68)86(64)66-41-51(42-67-70(66)82(62)63-34-32-59(48-27-23-20-24-28-48)69-61-46-53(77(4,5)6)30-36-65(61)87(67)72(63)69)75-84-73(49-37-54(78(7,8)9)43-55(38-49)79(10,11)12)83-74(85-75)50-39-56(80(13,14)15)44-57(40-50)81(16,17)18/h29-48H,19-28H2,1-18H3. The molecular formula is C81H94BN5. The second-order valence-corrected chi connectivity index (χ2v) is 33.5. The van der Waals surface area contributed by atoms with E-state index in [1.165, 1.54) is 180 Å². The minimum atomic E-state index is -0.105. The molecule has 5 nitrogen and oxygen atoms in total. The lowest BCUT2D eigenvalue weighted by atomic mass is 9.34. The summed E-state index contributed by atoms with van der Waals surface area (Å²) in [5.74, 6) is 3.14. The summed E-state index contributed by atoms with van der Waals surface area (Å²) in [6.45, 7) is 42.1. The van der Waals surface area contributed by atoms with E-state index in [0.29, 0.717) is 29.3 Å². The summed E-state index contributed by atoms with van der Waals surface area (Å²) >= 11 is 0. The number of aromatic nitrogens is 5. The number of rotatable bonds is 5. The molecule has 7 aromatic carbocycles. The normalized spacial score (nSPS) is 16.3. The van der Waals surface area contributed by atoms with Crippen molar-refractivity contribution in [3.63, 3.8) is 0 Å². The van der Waals surface area contributed by atoms with Crippen LogP contribution in [0.25, 0.3) is 89.2 Å². The van der Waals surface area contributed by atoms with Gasteiger partial charge in [0.2, 0.25) is 0 Å². The van der Waals surface area contributed by atoms with Gasteiger partial charge in [0, 0.05) is 60.6 Å². The topological polar surface area (TPSA) is 48.5 Å². The number of hydrogen-bond donors (Lipinski definition) is 0. The SMILES string of the molecule is CC(C)(C)c1cc(-c2nc(-c3cc(C(C)(C)C)cc(C(C)(C)C)c3)nc(-c3cc4c5c(c3)-n3c6ccc(C(C)(C)C)cc6c6c(C7CCCCC7)ccc(c63)B5c3ccc(C5CCCCC5)c5c6cc(C(C)(C)C)ccc6n-4c35)n2)cc(C(C)(C)C)c1. The Hall–Kier alpha value is -6.79. The summed E-state index contributed by atoms with van der Waals surface area (Å²) in [4.78, 5) is 17.3. The molecule has 0 N–H and O–H groups in total. The van der Waals surface area contributed by atoms with Crippen LogP contribution in [-0.4, -0.2) is 30.8 Å². The summed E-state index contributed by atoms with van der Waals surface area (Å²) in [6, 6.07) is 44.6. The number of nitrogens with zero attached hydrogens (tertiary/aromatic N) is 5. The van der Waals surface area contributed by atoms with Crippen molar-refractivity contribution in [3.8, 4) is 45.5 Å². The van der Waals surface area contributed by atoms with E-state index in [-0.39, 0.29) is 39.2 Å². The molecule has 2 aliphatic carbocycles. The van der Waals surface area contributed by atoms with Gasteiger partial charge in [0.05, 0.1) is 11.0 Å². The molecule has 6 heteroatoms. The summed E-state index contributed by atoms with van der Waals surface area (Å²) in [5, 5.41) is 5.67. The molecule has 446 valence electrons. The van der Waals surface area contributed by atoms with Crippen molar-refractivity contribution in [1.82, 2.24) is 24.1 Å². The lowest BCUT2D eigenvalue weighted by Gasteiger charge is -2.35. The molecule has 10 aromatic rings. The third kappa shape index (κ3) is 9.65. The van der Waals surface area contributed by atoms with Crippen LogP contribution in [0.2, 0.25) is 0 Å². The van der Waals surface area contributed by atoms with Gasteiger partial charge in [0.1, 0.15) is 0 Å². The molecule has 2 saturated carbocycles. The van der Waals surface area contributed by atoms with Crippen molar-refractivity contribution < 1.29 is 0 Å². The minimum Gasteiger partial charge on any atom is -0.310 e. The van der Waals surface area contributed by atoms with Crippen LogP contribution in [0.5, 0.6) is 0 Å². The van der Waals surface area contributed by atoms with E-state index in [1.54, 1.807) is 0 Å². The smallest absolute Gasteiger partial charge is 0.252 e. The molecule has 2 aliphatic heterocycles. The average Bonchev–Trinajstić information content (AvgIpc) is 1.57. The molecule has 14 rings (SSSR count). The van der Waals surface area contributed by atoms with Gasteiger partial charge in [-0.05, 0) is 192 Å². The number of hydrogen-bond acceptors (Lipinski definition) is 3. The molecule has 87 heavy (non-hydrogen) atoms. The fraction of sp³-hybridized carbons (Fsp3) is 0.444. The van der Waals surface area contributed by atoms with E-state index in [9.17, 15) is 0 Å². The van der Waals surface area contributed by atoms with Gasteiger partial charge in [0.15, 0.2) is 17.5 Å². The van der Waals surface area contributed by atoms with Crippen LogP contribution in [0.15, 0.2) is 109 Å². The van der Waals surface area contributed by atoms with E-state index in [2.05, 4.69) is 243 Å². The zero-order valence-electron chi connectivity index (χ0n) is 55.9. The van der Waals surface area contributed by atoms with Crippen molar-refractivity contribution >= 4 is 66.7 Å². The highest BCUT2D eigenvalue weighted by molar-refractivity contribution is 7.00. The first kappa shape index (κ1) is 57.9. The van der Waals surface area contributed by atoms with E-state index >= 15 is 0 Å². The minimum absolute atomic E-state index is 0.00375. The Morgan fingerprint density at radius 3 is 0.989 bits per heavy atom. The van der Waals surface area contributed by atoms with Crippen LogP contribution in [0.3, 0.4) is 0 Å². The molecule has 0 unspecified atom stereocenters. The quantitative estimate of drug-likeness (QED) is 0.161. The highest BCUT2D eigenvalue weighted by Crippen LogP contribution is 2.49. The Kier molecular flexibility index (Phi) is 13.2. The molecule has 0 amide bonds. The molecule has 0 bridgehead atoms. The van der Waals surface area contributed by atoms with Crippen molar-refractivity contribution in [2.24, 2.45) is 0 Å². The second-order valence-electron chi connectivity index (χ2n) is 33.5. The van der Waals surface area contributed by atoms with E-state index in [1.807, 2.05) is 0 Å². The van der Waals surface area contributed by atoms with Gasteiger partial charge in [0.25, 0.3) is 6.71 Å². The summed E-state index contributed by atoms with van der Waals surface area (Å²) in [6.07, 6.45) is 12.8. The van der Waals surface area contributed by atoms with Crippen molar-refractivity contribution in [2.45, 2.75) is 233 Å². The highest BCUT2D eigenvalue weighted by atomic mass is 15.1. The van der Waals surface area contributed by atoms with Crippen molar-refractivity contribution in [2.75, 3.05) is 0 Å². The van der Waals surface area contributed by atoms with Crippen molar-refractivity contribution in [1.29, 1.82) is 0 Å². The lowest BCUT2D eigenvalue weighted by Crippen LogP contribution is -2.59. The largest absolute Gasteiger partial charge is 0.310 e. The van der Waals surface area contributed by atoms with Gasteiger partial charge >= 0.3 is 0 Å².